The summed E-state index contributed by atoms with van der Waals surface area (Å²) in [7, 11) is 0. The van der Waals surface area contributed by atoms with E-state index in [4.69, 9.17) is 0 Å². The lowest BCUT2D eigenvalue weighted by atomic mass is 10.1. The topological polar surface area (TPSA) is 69.3 Å². The van der Waals surface area contributed by atoms with Crippen LogP contribution in [0.25, 0.3) is 0 Å². The van der Waals surface area contributed by atoms with Crippen LogP contribution in [0.4, 0.5) is 0 Å². The standard InChI is InChI=1S/C14H20N4O2/c1-9-12(10(2)16-15-9)14(20)18-7-5-17(6-8-18)13(19)11-3-4-11/h11H,3-8H2,1-2H3,(H,15,16). The number of hydrogen-bond acceptors (Lipinski definition) is 3. The van der Waals surface area contributed by atoms with Crippen molar-refractivity contribution in [3.05, 3.63) is 17.0 Å². The molecule has 1 aromatic heterocycles. The number of rotatable bonds is 2. The maximum atomic E-state index is 12.5. The quantitative estimate of drug-likeness (QED) is 0.865. The van der Waals surface area contributed by atoms with Gasteiger partial charge in [0.25, 0.3) is 5.91 Å². The number of carbonyl (C=O) groups is 2. The number of carbonyl (C=O) groups excluding carboxylic acids is 2. The van der Waals surface area contributed by atoms with Crippen molar-refractivity contribution >= 4 is 11.8 Å². The highest BCUT2D eigenvalue weighted by Gasteiger charge is 2.35. The predicted octanol–water partition coefficient (Wildman–Crippen LogP) is 0.721. The number of piperazine rings is 1. The van der Waals surface area contributed by atoms with Crippen molar-refractivity contribution in [2.24, 2.45) is 5.92 Å². The molecule has 2 heterocycles. The summed E-state index contributed by atoms with van der Waals surface area (Å²) in [5.41, 5.74) is 2.22. The second-order valence-electron chi connectivity index (χ2n) is 5.70. The fraction of sp³-hybridized carbons (Fsp3) is 0.643. The zero-order valence-electron chi connectivity index (χ0n) is 12.0. The molecule has 1 aromatic rings. The largest absolute Gasteiger partial charge is 0.339 e. The molecule has 1 saturated heterocycles. The number of amides is 2. The molecule has 0 bridgehead atoms. The second-order valence-corrected chi connectivity index (χ2v) is 5.70. The lowest BCUT2D eigenvalue weighted by molar-refractivity contribution is -0.134. The lowest BCUT2D eigenvalue weighted by Gasteiger charge is -2.35. The number of aromatic nitrogens is 2. The number of H-pyrrole nitrogens is 1. The molecule has 2 aliphatic rings. The Balaban J connectivity index is 1.63. The Bertz CT molecular complexity index is 520. The summed E-state index contributed by atoms with van der Waals surface area (Å²) in [5, 5.41) is 6.91. The first kappa shape index (κ1) is 13.1. The third kappa shape index (κ3) is 2.30. The van der Waals surface area contributed by atoms with E-state index in [1.807, 2.05) is 23.6 Å². The fourth-order valence-corrected chi connectivity index (χ4v) is 2.74. The first-order valence-corrected chi connectivity index (χ1v) is 7.17. The molecule has 0 aromatic carbocycles. The van der Waals surface area contributed by atoms with E-state index in [0.717, 1.165) is 24.2 Å². The van der Waals surface area contributed by atoms with Crippen LogP contribution in [0.2, 0.25) is 0 Å². The van der Waals surface area contributed by atoms with Crippen LogP contribution in [0.3, 0.4) is 0 Å². The fourth-order valence-electron chi connectivity index (χ4n) is 2.74. The first-order valence-electron chi connectivity index (χ1n) is 7.17. The molecule has 1 saturated carbocycles. The van der Waals surface area contributed by atoms with Crippen molar-refractivity contribution in [1.29, 1.82) is 0 Å². The van der Waals surface area contributed by atoms with Crippen LogP contribution in [0.1, 0.15) is 34.6 Å². The van der Waals surface area contributed by atoms with Crippen LogP contribution in [-0.2, 0) is 4.79 Å². The molecule has 1 N–H and O–H groups in total. The van der Waals surface area contributed by atoms with E-state index in [0.29, 0.717) is 31.7 Å². The van der Waals surface area contributed by atoms with E-state index in [1.54, 1.807) is 0 Å². The summed E-state index contributed by atoms with van der Waals surface area (Å²) < 4.78 is 0. The number of aromatic amines is 1. The average molecular weight is 276 g/mol. The van der Waals surface area contributed by atoms with Crippen molar-refractivity contribution in [2.75, 3.05) is 26.2 Å². The van der Waals surface area contributed by atoms with Crippen LogP contribution in [0.15, 0.2) is 0 Å². The molecule has 0 spiro atoms. The SMILES string of the molecule is Cc1n[nH]c(C)c1C(=O)N1CCN(C(=O)C2CC2)CC1. The number of hydrogen-bond donors (Lipinski definition) is 1. The Morgan fingerprint density at radius 1 is 1.10 bits per heavy atom. The van der Waals surface area contributed by atoms with Gasteiger partial charge < -0.3 is 9.80 Å². The zero-order valence-corrected chi connectivity index (χ0v) is 12.0. The summed E-state index contributed by atoms with van der Waals surface area (Å²) in [4.78, 5) is 28.2. The van der Waals surface area contributed by atoms with Crippen molar-refractivity contribution in [2.45, 2.75) is 26.7 Å². The van der Waals surface area contributed by atoms with E-state index < -0.39 is 0 Å². The summed E-state index contributed by atoms with van der Waals surface area (Å²) in [6.07, 6.45) is 2.07. The Kier molecular flexibility index (Phi) is 3.23. The maximum Gasteiger partial charge on any atom is 0.257 e. The van der Waals surface area contributed by atoms with Crippen LogP contribution in [0.5, 0.6) is 0 Å². The summed E-state index contributed by atoms with van der Waals surface area (Å²) >= 11 is 0. The molecule has 1 aliphatic carbocycles. The van der Waals surface area contributed by atoms with Gasteiger partial charge in [0.2, 0.25) is 5.91 Å². The van der Waals surface area contributed by atoms with Gasteiger partial charge in [-0.3, -0.25) is 14.7 Å². The summed E-state index contributed by atoms with van der Waals surface area (Å²) in [5.74, 6) is 0.552. The molecule has 3 rings (SSSR count). The zero-order chi connectivity index (χ0) is 14.3. The third-order valence-corrected chi connectivity index (χ3v) is 4.15. The van der Waals surface area contributed by atoms with Crippen molar-refractivity contribution in [3.63, 3.8) is 0 Å². The van der Waals surface area contributed by atoms with Gasteiger partial charge >= 0.3 is 0 Å². The molecule has 1 aliphatic heterocycles. The van der Waals surface area contributed by atoms with Gasteiger partial charge in [0.05, 0.1) is 11.3 Å². The minimum atomic E-state index is 0.0206. The van der Waals surface area contributed by atoms with Gasteiger partial charge in [-0.25, -0.2) is 0 Å². The molecule has 0 unspecified atom stereocenters. The van der Waals surface area contributed by atoms with Gasteiger partial charge in [0, 0.05) is 37.8 Å². The highest BCUT2D eigenvalue weighted by Crippen LogP contribution is 2.31. The Labute approximate surface area is 118 Å². The Morgan fingerprint density at radius 3 is 2.20 bits per heavy atom. The molecule has 6 heteroatoms. The molecule has 0 radical (unpaired) electrons. The van der Waals surface area contributed by atoms with E-state index in [-0.39, 0.29) is 17.7 Å². The second kappa shape index (κ2) is 4.92. The smallest absolute Gasteiger partial charge is 0.257 e. The normalized spacial score (nSPS) is 19.3. The molecule has 0 atom stereocenters. The van der Waals surface area contributed by atoms with Gasteiger partial charge in [-0.2, -0.15) is 5.10 Å². The van der Waals surface area contributed by atoms with Crippen molar-refractivity contribution in [1.82, 2.24) is 20.0 Å². The number of aryl methyl sites for hydroxylation is 2. The lowest BCUT2D eigenvalue weighted by Crippen LogP contribution is -2.51. The minimum absolute atomic E-state index is 0.0206. The predicted molar refractivity (Wildman–Crippen MR) is 73.3 cm³/mol. The Hall–Kier alpha value is -1.85. The van der Waals surface area contributed by atoms with E-state index in [9.17, 15) is 9.59 Å². The third-order valence-electron chi connectivity index (χ3n) is 4.15. The van der Waals surface area contributed by atoms with Gasteiger partial charge in [-0.1, -0.05) is 0 Å². The van der Waals surface area contributed by atoms with Crippen LogP contribution >= 0.6 is 0 Å². The van der Waals surface area contributed by atoms with Gasteiger partial charge in [0.15, 0.2) is 0 Å². The van der Waals surface area contributed by atoms with Gasteiger partial charge in [0.1, 0.15) is 0 Å². The number of nitrogens with one attached hydrogen (secondary N) is 1. The molecule has 2 fully saturated rings. The highest BCUT2D eigenvalue weighted by molar-refractivity contribution is 5.96. The molecule has 2 amide bonds. The molecule has 6 nitrogen and oxygen atoms in total. The minimum Gasteiger partial charge on any atom is -0.339 e. The Morgan fingerprint density at radius 2 is 1.70 bits per heavy atom. The van der Waals surface area contributed by atoms with Crippen molar-refractivity contribution < 1.29 is 9.59 Å². The van der Waals surface area contributed by atoms with Gasteiger partial charge in [-0.15, -0.1) is 0 Å². The number of nitrogens with zero attached hydrogens (tertiary/aromatic N) is 3. The van der Waals surface area contributed by atoms with E-state index in [2.05, 4.69) is 10.2 Å². The van der Waals surface area contributed by atoms with E-state index >= 15 is 0 Å². The summed E-state index contributed by atoms with van der Waals surface area (Å²) in [6.45, 7) is 6.22. The van der Waals surface area contributed by atoms with Crippen LogP contribution in [-0.4, -0.2) is 58.0 Å². The van der Waals surface area contributed by atoms with Crippen LogP contribution < -0.4 is 0 Å². The van der Waals surface area contributed by atoms with Crippen molar-refractivity contribution in [3.8, 4) is 0 Å². The average Bonchev–Trinajstić information content (AvgIpc) is 3.24. The molecule has 108 valence electrons. The monoisotopic (exact) mass is 276 g/mol. The highest BCUT2D eigenvalue weighted by atomic mass is 16.2. The van der Waals surface area contributed by atoms with Gasteiger partial charge in [-0.05, 0) is 26.7 Å². The van der Waals surface area contributed by atoms with E-state index in [1.165, 1.54) is 0 Å². The first-order chi connectivity index (χ1) is 9.58. The van der Waals surface area contributed by atoms with Crippen LogP contribution in [0, 0.1) is 19.8 Å². The molecular weight excluding hydrogens is 256 g/mol. The maximum absolute atomic E-state index is 12.5. The molecular formula is C14H20N4O2. The summed E-state index contributed by atoms with van der Waals surface area (Å²) in [6, 6.07) is 0. The molecule has 20 heavy (non-hydrogen) atoms.